The van der Waals surface area contributed by atoms with Gasteiger partial charge in [-0.2, -0.15) is 0 Å². The molecule has 6 heteroatoms. The first-order valence-electron chi connectivity index (χ1n) is 5.86. The molecule has 2 amide bonds. The number of nitrogens with one attached hydrogen (secondary N) is 2. The Morgan fingerprint density at radius 1 is 1.53 bits per heavy atom. The number of carboxylic acid groups (broad SMARTS) is 1. The molecule has 1 saturated heterocycles. The molecule has 0 aromatic rings. The van der Waals surface area contributed by atoms with Gasteiger partial charge in [-0.3, -0.25) is 0 Å². The molecular weight excluding hydrogens is 224 g/mol. The average molecular weight is 244 g/mol. The van der Waals surface area contributed by atoms with Crippen molar-refractivity contribution in [3.8, 4) is 0 Å². The first kappa shape index (κ1) is 13.8. The van der Waals surface area contributed by atoms with Crippen molar-refractivity contribution in [2.24, 2.45) is 0 Å². The summed E-state index contributed by atoms with van der Waals surface area (Å²) in [5.74, 6) is -1.00. The van der Waals surface area contributed by atoms with Gasteiger partial charge < -0.3 is 20.5 Å². The summed E-state index contributed by atoms with van der Waals surface area (Å²) in [7, 11) is 0. The average Bonchev–Trinajstić information content (AvgIpc) is 2.63. The van der Waals surface area contributed by atoms with Crippen LogP contribution in [-0.2, 0) is 9.53 Å². The number of aliphatic carboxylic acids is 1. The molecule has 3 N–H and O–H groups in total. The van der Waals surface area contributed by atoms with Crippen LogP contribution < -0.4 is 10.6 Å². The Morgan fingerprint density at radius 2 is 2.24 bits per heavy atom. The summed E-state index contributed by atoms with van der Waals surface area (Å²) in [6.07, 6.45) is 1.87. The number of amides is 2. The van der Waals surface area contributed by atoms with Crippen molar-refractivity contribution in [3.05, 3.63) is 0 Å². The summed E-state index contributed by atoms with van der Waals surface area (Å²) in [6.45, 7) is 4.84. The number of carboxylic acids is 1. The van der Waals surface area contributed by atoms with Crippen molar-refractivity contribution in [1.29, 1.82) is 0 Å². The van der Waals surface area contributed by atoms with E-state index in [0.29, 0.717) is 26.1 Å². The van der Waals surface area contributed by atoms with Gasteiger partial charge in [0.25, 0.3) is 0 Å². The van der Waals surface area contributed by atoms with E-state index in [1.165, 1.54) is 0 Å². The lowest BCUT2D eigenvalue weighted by atomic mass is 10.0. The van der Waals surface area contributed by atoms with E-state index >= 15 is 0 Å². The molecule has 0 aromatic heterocycles. The summed E-state index contributed by atoms with van der Waals surface area (Å²) in [6, 6.07) is -1.27. The highest BCUT2D eigenvalue weighted by atomic mass is 16.5. The molecule has 1 heterocycles. The van der Waals surface area contributed by atoms with Crippen LogP contribution in [0.3, 0.4) is 0 Å². The minimum Gasteiger partial charge on any atom is -0.480 e. The Bertz CT molecular complexity index is 287. The van der Waals surface area contributed by atoms with Gasteiger partial charge in [0.1, 0.15) is 6.04 Å². The van der Waals surface area contributed by atoms with Crippen LogP contribution in [0.2, 0.25) is 0 Å². The number of urea groups is 1. The molecule has 1 aliphatic rings. The minimum absolute atomic E-state index is 0.390. The molecule has 1 fully saturated rings. The van der Waals surface area contributed by atoms with Crippen LogP contribution in [0.5, 0.6) is 0 Å². The van der Waals surface area contributed by atoms with E-state index in [-0.39, 0.29) is 5.54 Å². The molecule has 0 bridgehead atoms. The van der Waals surface area contributed by atoms with E-state index in [1.807, 2.05) is 13.8 Å². The zero-order chi connectivity index (χ0) is 12.9. The third-order valence-electron chi connectivity index (χ3n) is 2.81. The van der Waals surface area contributed by atoms with Gasteiger partial charge in [-0.1, -0.05) is 13.3 Å². The van der Waals surface area contributed by atoms with Gasteiger partial charge in [0, 0.05) is 6.61 Å². The molecule has 2 atom stereocenters. The molecule has 0 saturated carbocycles. The second-order valence-electron chi connectivity index (χ2n) is 4.64. The van der Waals surface area contributed by atoms with Crippen molar-refractivity contribution < 1.29 is 19.4 Å². The van der Waals surface area contributed by atoms with Crippen molar-refractivity contribution >= 4 is 12.0 Å². The molecule has 0 aromatic carbocycles. The fourth-order valence-electron chi connectivity index (χ4n) is 1.78. The van der Waals surface area contributed by atoms with Crippen LogP contribution >= 0.6 is 0 Å². The lowest BCUT2D eigenvalue weighted by Crippen LogP contribution is -2.54. The number of hydrogen-bond donors (Lipinski definition) is 3. The number of carbonyl (C=O) groups is 2. The number of rotatable bonds is 5. The Hall–Kier alpha value is -1.30. The molecule has 17 heavy (non-hydrogen) atoms. The second-order valence-corrected chi connectivity index (χ2v) is 4.64. The summed E-state index contributed by atoms with van der Waals surface area (Å²) in [5, 5.41) is 14.1. The van der Waals surface area contributed by atoms with Crippen LogP contribution in [-0.4, -0.2) is 41.9 Å². The monoisotopic (exact) mass is 244 g/mol. The predicted molar refractivity (Wildman–Crippen MR) is 61.8 cm³/mol. The summed E-state index contributed by atoms with van der Waals surface area (Å²) < 4.78 is 5.20. The number of carbonyl (C=O) groups excluding carboxylic acids is 1. The highest BCUT2D eigenvalue weighted by molar-refractivity contribution is 5.82. The van der Waals surface area contributed by atoms with Gasteiger partial charge in [-0.15, -0.1) is 0 Å². The molecule has 0 aliphatic carbocycles. The minimum atomic E-state index is -1.00. The Kier molecular flexibility index (Phi) is 4.74. The van der Waals surface area contributed by atoms with Gasteiger partial charge in [-0.25, -0.2) is 9.59 Å². The summed E-state index contributed by atoms with van der Waals surface area (Å²) >= 11 is 0. The largest absolute Gasteiger partial charge is 0.480 e. The van der Waals surface area contributed by atoms with E-state index < -0.39 is 18.0 Å². The predicted octanol–water partition coefficient (Wildman–Crippen LogP) is 0.718. The lowest BCUT2D eigenvalue weighted by Gasteiger charge is -2.25. The standard InChI is InChI=1S/C11H20N2O4/c1-3-4-8(9(14)15)12-10(16)13-11(2)5-6-17-7-11/h8H,3-7H2,1-2H3,(H,14,15)(H2,12,13,16). The van der Waals surface area contributed by atoms with Crippen molar-refractivity contribution in [2.75, 3.05) is 13.2 Å². The highest BCUT2D eigenvalue weighted by Gasteiger charge is 2.32. The zero-order valence-electron chi connectivity index (χ0n) is 10.3. The molecule has 0 spiro atoms. The maximum absolute atomic E-state index is 11.7. The van der Waals surface area contributed by atoms with E-state index in [4.69, 9.17) is 9.84 Å². The summed E-state index contributed by atoms with van der Waals surface area (Å²) in [5.41, 5.74) is -0.390. The molecule has 6 nitrogen and oxygen atoms in total. The van der Waals surface area contributed by atoms with Gasteiger partial charge >= 0.3 is 12.0 Å². The fourth-order valence-corrected chi connectivity index (χ4v) is 1.78. The van der Waals surface area contributed by atoms with Crippen LogP contribution in [0, 0.1) is 0 Å². The Morgan fingerprint density at radius 3 is 2.71 bits per heavy atom. The van der Waals surface area contributed by atoms with Crippen LogP contribution in [0.1, 0.15) is 33.1 Å². The van der Waals surface area contributed by atoms with Gasteiger partial charge in [0.15, 0.2) is 0 Å². The Balaban J connectivity index is 2.44. The van der Waals surface area contributed by atoms with E-state index in [1.54, 1.807) is 0 Å². The molecule has 2 unspecified atom stereocenters. The molecule has 0 radical (unpaired) electrons. The van der Waals surface area contributed by atoms with Gasteiger partial charge in [0.2, 0.25) is 0 Å². The highest BCUT2D eigenvalue weighted by Crippen LogP contribution is 2.17. The maximum Gasteiger partial charge on any atom is 0.326 e. The van der Waals surface area contributed by atoms with Crippen LogP contribution in [0.25, 0.3) is 0 Å². The number of hydrogen-bond acceptors (Lipinski definition) is 3. The van der Waals surface area contributed by atoms with Crippen molar-refractivity contribution in [2.45, 2.75) is 44.7 Å². The van der Waals surface area contributed by atoms with Crippen LogP contribution in [0.15, 0.2) is 0 Å². The maximum atomic E-state index is 11.7. The molecule has 1 aliphatic heterocycles. The first-order chi connectivity index (χ1) is 7.97. The zero-order valence-corrected chi connectivity index (χ0v) is 10.3. The lowest BCUT2D eigenvalue weighted by molar-refractivity contribution is -0.139. The molecular formula is C11H20N2O4. The van der Waals surface area contributed by atoms with Crippen molar-refractivity contribution in [1.82, 2.24) is 10.6 Å². The van der Waals surface area contributed by atoms with Crippen molar-refractivity contribution in [3.63, 3.8) is 0 Å². The van der Waals surface area contributed by atoms with Gasteiger partial charge in [-0.05, 0) is 19.8 Å². The summed E-state index contributed by atoms with van der Waals surface area (Å²) in [4.78, 5) is 22.5. The quantitative estimate of drug-likeness (QED) is 0.665. The Labute approximate surface area is 101 Å². The molecule has 1 rings (SSSR count). The smallest absolute Gasteiger partial charge is 0.326 e. The number of ether oxygens (including phenoxy) is 1. The third-order valence-corrected chi connectivity index (χ3v) is 2.81. The molecule has 98 valence electrons. The third kappa shape index (κ3) is 4.22. The topological polar surface area (TPSA) is 87.7 Å². The second kappa shape index (κ2) is 5.86. The SMILES string of the molecule is CCCC(NC(=O)NC1(C)CCOC1)C(=O)O. The fraction of sp³-hybridized carbons (Fsp3) is 0.818. The van der Waals surface area contributed by atoms with E-state index in [0.717, 1.165) is 6.42 Å². The van der Waals surface area contributed by atoms with E-state index in [2.05, 4.69) is 10.6 Å². The van der Waals surface area contributed by atoms with E-state index in [9.17, 15) is 9.59 Å². The van der Waals surface area contributed by atoms with Gasteiger partial charge in [0.05, 0.1) is 12.1 Å². The first-order valence-corrected chi connectivity index (χ1v) is 5.86. The normalized spacial score (nSPS) is 25.3. The van der Waals surface area contributed by atoms with Crippen LogP contribution in [0.4, 0.5) is 4.79 Å².